The lowest BCUT2D eigenvalue weighted by Gasteiger charge is -2.26. The van der Waals surface area contributed by atoms with Gasteiger partial charge in [0, 0.05) is 31.5 Å². The number of ether oxygens (including phenoxy) is 2. The molecule has 0 radical (unpaired) electrons. The summed E-state index contributed by atoms with van der Waals surface area (Å²) in [5.74, 6) is -0.791. The number of hydrogen-bond donors (Lipinski definition) is 1. The number of nitrogens with zero attached hydrogens (tertiary/aromatic N) is 3. The van der Waals surface area contributed by atoms with Crippen molar-refractivity contribution in [3.05, 3.63) is 59.4 Å². The SMILES string of the molecule is COc1ccc(/C(O)=C2\C(=O)C(=O)N(CCN(C)C)[C@H]2c2ccncc2)c(OC)c1. The molecule has 1 aromatic carbocycles. The van der Waals surface area contributed by atoms with Gasteiger partial charge in [-0.25, -0.2) is 0 Å². The fraction of sp³-hybridized carbons (Fsp3) is 0.318. The van der Waals surface area contributed by atoms with Gasteiger partial charge in [0.2, 0.25) is 0 Å². The first-order valence-electron chi connectivity index (χ1n) is 9.44. The Balaban J connectivity index is 2.17. The van der Waals surface area contributed by atoms with Gasteiger partial charge in [-0.15, -0.1) is 0 Å². The van der Waals surface area contributed by atoms with Crippen molar-refractivity contribution in [3.63, 3.8) is 0 Å². The second kappa shape index (κ2) is 8.96. The van der Waals surface area contributed by atoms with Gasteiger partial charge >= 0.3 is 0 Å². The summed E-state index contributed by atoms with van der Waals surface area (Å²) in [5, 5.41) is 11.1. The van der Waals surface area contributed by atoms with Crippen molar-refractivity contribution in [1.82, 2.24) is 14.8 Å². The lowest BCUT2D eigenvalue weighted by molar-refractivity contribution is -0.140. The Bertz CT molecular complexity index is 972. The van der Waals surface area contributed by atoms with E-state index in [4.69, 9.17) is 9.47 Å². The van der Waals surface area contributed by atoms with Crippen molar-refractivity contribution in [2.45, 2.75) is 6.04 Å². The number of likely N-dealkylation sites (tertiary alicyclic amines) is 1. The molecule has 30 heavy (non-hydrogen) atoms. The number of carbonyl (C=O) groups is 2. The fourth-order valence-corrected chi connectivity index (χ4v) is 3.45. The number of pyridine rings is 1. The van der Waals surface area contributed by atoms with Gasteiger partial charge < -0.3 is 24.4 Å². The van der Waals surface area contributed by atoms with Gasteiger partial charge in [-0.05, 0) is 43.9 Å². The largest absolute Gasteiger partial charge is 0.507 e. The minimum Gasteiger partial charge on any atom is -0.507 e. The van der Waals surface area contributed by atoms with Crippen LogP contribution in [-0.2, 0) is 9.59 Å². The van der Waals surface area contributed by atoms with E-state index in [0.717, 1.165) is 0 Å². The zero-order valence-electron chi connectivity index (χ0n) is 17.5. The number of hydrogen-bond acceptors (Lipinski definition) is 7. The van der Waals surface area contributed by atoms with Gasteiger partial charge in [0.25, 0.3) is 11.7 Å². The van der Waals surface area contributed by atoms with E-state index in [0.29, 0.717) is 35.7 Å². The number of carbonyl (C=O) groups excluding carboxylic acids is 2. The van der Waals surface area contributed by atoms with E-state index in [2.05, 4.69) is 4.98 Å². The van der Waals surface area contributed by atoms with E-state index >= 15 is 0 Å². The van der Waals surface area contributed by atoms with Gasteiger partial charge in [-0.1, -0.05) is 0 Å². The average molecular weight is 411 g/mol. The molecule has 0 aliphatic carbocycles. The summed E-state index contributed by atoms with van der Waals surface area (Å²) in [7, 11) is 6.76. The smallest absolute Gasteiger partial charge is 0.295 e. The molecule has 3 rings (SSSR count). The van der Waals surface area contributed by atoms with Crippen LogP contribution in [0.3, 0.4) is 0 Å². The average Bonchev–Trinajstić information content (AvgIpc) is 3.02. The van der Waals surface area contributed by atoms with Crippen molar-refractivity contribution >= 4 is 17.4 Å². The van der Waals surface area contributed by atoms with Crippen LogP contribution in [0.15, 0.2) is 48.3 Å². The predicted molar refractivity (Wildman–Crippen MR) is 111 cm³/mol. The number of amides is 1. The Kier molecular flexibility index (Phi) is 6.37. The number of benzene rings is 1. The zero-order valence-corrected chi connectivity index (χ0v) is 17.5. The van der Waals surface area contributed by atoms with Gasteiger partial charge in [0.15, 0.2) is 0 Å². The van der Waals surface area contributed by atoms with Gasteiger partial charge in [0.1, 0.15) is 17.3 Å². The summed E-state index contributed by atoms with van der Waals surface area (Å²) < 4.78 is 10.6. The Hall–Kier alpha value is -3.39. The predicted octanol–water partition coefficient (Wildman–Crippen LogP) is 2.08. The van der Waals surface area contributed by atoms with E-state index in [1.807, 2.05) is 19.0 Å². The molecule has 0 unspecified atom stereocenters. The highest BCUT2D eigenvalue weighted by Gasteiger charge is 2.46. The summed E-state index contributed by atoms with van der Waals surface area (Å²) in [6.07, 6.45) is 3.19. The molecule has 158 valence electrons. The first kappa shape index (κ1) is 21.3. The third-order valence-electron chi connectivity index (χ3n) is 5.01. The molecule has 0 saturated carbocycles. The van der Waals surface area contributed by atoms with E-state index in [-0.39, 0.29) is 11.3 Å². The molecule has 0 bridgehead atoms. The Morgan fingerprint density at radius 3 is 2.43 bits per heavy atom. The minimum atomic E-state index is -0.731. The van der Waals surface area contributed by atoms with Gasteiger partial charge in [0.05, 0.1) is 31.4 Å². The van der Waals surface area contributed by atoms with Gasteiger partial charge in [-0.3, -0.25) is 14.6 Å². The molecular formula is C22H25N3O5. The zero-order chi connectivity index (χ0) is 21.8. The number of likely N-dealkylation sites (N-methyl/N-ethyl adjacent to an activating group) is 1. The number of aliphatic hydroxyl groups excluding tert-OH is 1. The molecule has 1 aromatic heterocycles. The summed E-state index contributed by atoms with van der Waals surface area (Å²) in [5.41, 5.74) is 1.02. The van der Waals surface area contributed by atoms with Crippen LogP contribution in [0.4, 0.5) is 0 Å². The topological polar surface area (TPSA) is 92.2 Å². The maximum atomic E-state index is 13.0. The molecule has 1 amide bonds. The van der Waals surface area contributed by atoms with Crippen LogP contribution in [-0.4, -0.2) is 73.0 Å². The molecule has 1 fully saturated rings. The summed E-state index contributed by atoms with van der Waals surface area (Å²) in [4.78, 5) is 33.3. The number of aromatic nitrogens is 1. The normalized spacial score (nSPS) is 18.2. The maximum Gasteiger partial charge on any atom is 0.295 e. The van der Waals surface area contributed by atoms with Crippen LogP contribution in [0.2, 0.25) is 0 Å². The molecule has 0 spiro atoms. The first-order valence-corrected chi connectivity index (χ1v) is 9.44. The lowest BCUT2D eigenvalue weighted by atomic mass is 9.95. The van der Waals surface area contributed by atoms with Crippen LogP contribution in [0, 0.1) is 0 Å². The lowest BCUT2D eigenvalue weighted by Crippen LogP contribution is -2.35. The van der Waals surface area contributed by atoms with Crippen LogP contribution in [0.25, 0.3) is 5.76 Å². The number of methoxy groups -OCH3 is 2. The number of rotatable bonds is 7. The van der Waals surface area contributed by atoms with Gasteiger partial charge in [-0.2, -0.15) is 0 Å². The minimum absolute atomic E-state index is 0.0217. The third-order valence-corrected chi connectivity index (χ3v) is 5.01. The molecule has 1 N–H and O–H groups in total. The maximum absolute atomic E-state index is 13.0. The molecule has 1 aliphatic rings. The number of aliphatic hydroxyl groups is 1. The quantitative estimate of drug-likeness (QED) is 0.424. The van der Waals surface area contributed by atoms with E-state index in [1.54, 1.807) is 42.7 Å². The summed E-state index contributed by atoms with van der Waals surface area (Å²) in [6, 6.07) is 7.61. The molecule has 1 atom stereocenters. The Morgan fingerprint density at radius 1 is 1.13 bits per heavy atom. The highest BCUT2D eigenvalue weighted by molar-refractivity contribution is 6.46. The highest BCUT2D eigenvalue weighted by Crippen LogP contribution is 2.41. The standard InChI is InChI=1S/C22H25N3O5/c1-24(2)11-12-25-19(14-7-9-23-10-8-14)18(21(27)22(25)28)20(26)16-6-5-15(29-3)13-17(16)30-4/h5-10,13,19,26H,11-12H2,1-4H3/b20-18+/t19-/m0/s1. The van der Waals surface area contributed by atoms with Crippen LogP contribution in [0.1, 0.15) is 17.2 Å². The van der Waals surface area contributed by atoms with E-state index < -0.39 is 17.7 Å². The summed E-state index contributed by atoms with van der Waals surface area (Å²) in [6.45, 7) is 0.904. The first-order chi connectivity index (χ1) is 14.4. The Labute approximate surface area is 175 Å². The van der Waals surface area contributed by atoms with E-state index in [1.165, 1.54) is 19.1 Å². The number of Topliss-reactive ketones (excluding diaryl/α,β-unsaturated/α-hetero) is 1. The second-order valence-electron chi connectivity index (χ2n) is 7.14. The van der Waals surface area contributed by atoms with Crippen LogP contribution >= 0.6 is 0 Å². The fourth-order valence-electron chi connectivity index (χ4n) is 3.45. The molecule has 2 aromatic rings. The van der Waals surface area contributed by atoms with E-state index in [9.17, 15) is 14.7 Å². The summed E-state index contributed by atoms with van der Waals surface area (Å²) >= 11 is 0. The Morgan fingerprint density at radius 2 is 1.83 bits per heavy atom. The molecule has 1 saturated heterocycles. The molecule has 8 heteroatoms. The molecular weight excluding hydrogens is 386 g/mol. The monoisotopic (exact) mass is 411 g/mol. The van der Waals surface area contributed by atoms with Crippen molar-refractivity contribution < 1.29 is 24.2 Å². The highest BCUT2D eigenvalue weighted by atomic mass is 16.5. The van der Waals surface area contributed by atoms with Crippen LogP contribution < -0.4 is 9.47 Å². The van der Waals surface area contributed by atoms with Crippen molar-refractivity contribution in [3.8, 4) is 11.5 Å². The molecule has 2 heterocycles. The third kappa shape index (κ3) is 3.99. The van der Waals surface area contributed by atoms with Crippen LogP contribution in [0.5, 0.6) is 11.5 Å². The number of ketones is 1. The molecule has 1 aliphatic heterocycles. The van der Waals surface area contributed by atoms with Crippen molar-refractivity contribution in [2.75, 3.05) is 41.4 Å². The molecule has 8 nitrogen and oxygen atoms in total. The second-order valence-corrected chi connectivity index (χ2v) is 7.14. The van der Waals surface area contributed by atoms with Crippen molar-refractivity contribution in [1.29, 1.82) is 0 Å². The van der Waals surface area contributed by atoms with Crippen molar-refractivity contribution in [2.24, 2.45) is 0 Å².